The van der Waals surface area contributed by atoms with E-state index in [9.17, 15) is 9.18 Å². The van der Waals surface area contributed by atoms with Crippen LogP contribution >= 0.6 is 0 Å². The van der Waals surface area contributed by atoms with E-state index in [0.29, 0.717) is 19.4 Å². The maximum Gasteiger partial charge on any atom is 0.316 e. The molecule has 5 nitrogen and oxygen atoms in total. The third-order valence-corrected chi connectivity index (χ3v) is 7.84. The van der Waals surface area contributed by atoms with Crippen molar-refractivity contribution in [3.05, 3.63) is 131 Å². The normalized spacial score (nSPS) is 13.6. The van der Waals surface area contributed by atoms with Gasteiger partial charge < -0.3 is 9.26 Å². The zero-order chi connectivity index (χ0) is 28.4. The molecule has 2 heterocycles. The van der Waals surface area contributed by atoms with Crippen LogP contribution in [0.25, 0.3) is 22.5 Å². The lowest BCUT2D eigenvalue weighted by atomic mass is 9.93. The second kappa shape index (κ2) is 11.1. The van der Waals surface area contributed by atoms with Crippen LogP contribution in [-0.2, 0) is 27.8 Å². The van der Waals surface area contributed by atoms with Crippen molar-refractivity contribution in [2.45, 2.75) is 44.9 Å². The lowest BCUT2D eigenvalue weighted by molar-refractivity contribution is -0.146. The molecule has 1 fully saturated rings. The van der Waals surface area contributed by atoms with Gasteiger partial charge in [0.15, 0.2) is 5.76 Å². The minimum Gasteiger partial charge on any atom is -0.465 e. The molecule has 206 valence electrons. The quantitative estimate of drug-likeness (QED) is 0.178. The Kier molecular flexibility index (Phi) is 7.23. The van der Waals surface area contributed by atoms with E-state index in [1.165, 1.54) is 12.1 Å². The van der Waals surface area contributed by atoms with Crippen LogP contribution in [0.5, 0.6) is 0 Å². The van der Waals surface area contributed by atoms with Gasteiger partial charge in [0.1, 0.15) is 5.82 Å². The molecule has 3 aromatic carbocycles. The monoisotopic (exact) mass is 546 g/mol. The number of rotatable bonds is 9. The number of carbonyl (C=O) groups is 1. The summed E-state index contributed by atoms with van der Waals surface area (Å²) in [6.07, 6.45) is 2.91. The van der Waals surface area contributed by atoms with Gasteiger partial charge in [-0.25, -0.2) is 4.39 Å². The Morgan fingerprint density at radius 1 is 0.854 bits per heavy atom. The van der Waals surface area contributed by atoms with Gasteiger partial charge in [0.05, 0.1) is 17.7 Å². The molecular weight excluding hydrogens is 515 g/mol. The summed E-state index contributed by atoms with van der Waals surface area (Å²) in [5.41, 5.74) is 8.36. The molecule has 1 aliphatic carbocycles. The zero-order valence-electron chi connectivity index (χ0n) is 23.2. The summed E-state index contributed by atoms with van der Waals surface area (Å²) in [7, 11) is 0. The van der Waals surface area contributed by atoms with Crippen molar-refractivity contribution in [3.63, 3.8) is 0 Å². The highest BCUT2D eigenvalue weighted by Crippen LogP contribution is 2.49. The molecule has 0 saturated heterocycles. The number of pyridine rings is 1. The molecule has 6 rings (SSSR count). The van der Waals surface area contributed by atoms with Crippen molar-refractivity contribution in [1.29, 1.82) is 0 Å². The lowest BCUT2D eigenvalue weighted by Crippen LogP contribution is -2.23. The first kappa shape index (κ1) is 26.6. The molecule has 2 aromatic heterocycles. The molecule has 0 unspecified atom stereocenters. The first-order chi connectivity index (χ1) is 19.9. The molecule has 0 radical (unpaired) electrons. The van der Waals surface area contributed by atoms with Crippen molar-refractivity contribution < 1.29 is 18.4 Å². The van der Waals surface area contributed by atoms with E-state index in [-0.39, 0.29) is 11.8 Å². The summed E-state index contributed by atoms with van der Waals surface area (Å²) in [5.74, 6) is 0.375. The van der Waals surface area contributed by atoms with Gasteiger partial charge in [-0.15, -0.1) is 0 Å². The highest BCUT2D eigenvalue weighted by Gasteiger charge is 2.52. The molecule has 5 aromatic rings. The van der Waals surface area contributed by atoms with Crippen LogP contribution in [0.1, 0.15) is 53.5 Å². The van der Waals surface area contributed by atoms with Gasteiger partial charge in [-0.2, -0.15) is 0 Å². The highest BCUT2D eigenvalue weighted by atomic mass is 19.1. The fourth-order valence-corrected chi connectivity index (χ4v) is 5.34. The average Bonchev–Trinajstić information content (AvgIpc) is 3.74. The van der Waals surface area contributed by atoms with Gasteiger partial charge in [-0.3, -0.25) is 9.78 Å². The summed E-state index contributed by atoms with van der Waals surface area (Å²) in [6, 6.07) is 29.0. The molecule has 41 heavy (non-hydrogen) atoms. The number of nitrogens with zero attached hydrogens (tertiary/aromatic N) is 2. The molecule has 0 bridgehead atoms. The topological polar surface area (TPSA) is 65.2 Å². The summed E-state index contributed by atoms with van der Waals surface area (Å²) in [4.78, 5) is 17.3. The summed E-state index contributed by atoms with van der Waals surface area (Å²) in [6.45, 7) is 4.19. The summed E-state index contributed by atoms with van der Waals surface area (Å²) < 4.78 is 24.4. The molecule has 0 spiro atoms. The van der Waals surface area contributed by atoms with E-state index in [2.05, 4.69) is 29.4 Å². The number of aromatic nitrogens is 2. The summed E-state index contributed by atoms with van der Waals surface area (Å²) >= 11 is 0. The number of hydrogen-bond donors (Lipinski definition) is 0. The number of halogens is 1. The van der Waals surface area contributed by atoms with Gasteiger partial charge in [-0.05, 0) is 73.2 Å². The van der Waals surface area contributed by atoms with Gasteiger partial charge >= 0.3 is 5.97 Å². The van der Waals surface area contributed by atoms with Crippen molar-refractivity contribution in [1.82, 2.24) is 10.1 Å². The largest absolute Gasteiger partial charge is 0.465 e. The standard InChI is InChI=1S/C35H31FN2O3/c1-3-40-34(39)35(19-20-35)28-15-13-26(14-16-28)25-9-11-27(12-10-25)33-32(23(2)38-41-33)22-31-6-4-5-30(37-31)21-24-7-17-29(36)18-8-24/h4-18H,3,19-22H2,1-2H3. The second-order valence-electron chi connectivity index (χ2n) is 10.6. The van der Waals surface area contributed by atoms with E-state index in [1.807, 2.05) is 56.3 Å². The molecule has 0 N–H and O–H groups in total. The molecule has 0 aliphatic heterocycles. The minimum absolute atomic E-state index is 0.120. The van der Waals surface area contributed by atoms with Crippen molar-refractivity contribution in [3.8, 4) is 22.5 Å². The van der Waals surface area contributed by atoms with E-state index >= 15 is 0 Å². The van der Waals surface area contributed by atoms with Gasteiger partial charge in [0.25, 0.3) is 0 Å². The number of esters is 1. The highest BCUT2D eigenvalue weighted by molar-refractivity contribution is 5.87. The maximum absolute atomic E-state index is 13.3. The predicted octanol–water partition coefficient (Wildman–Crippen LogP) is 7.63. The Hall–Kier alpha value is -4.58. The minimum atomic E-state index is -0.464. The van der Waals surface area contributed by atoms with Crippen molar-refractivity contribution in [2.75, 3.05) is 6.61 Å². The first-order valence-electron chi connectivity index (χ1n) is 14.0. The Labute approximate surface area is 239 Å². The van der Waals surface area contributed by atoms with Crippen LogP contribution in [0.4, 0.5) is 4.39 Å². The van der Waals surface area contributed by atoms with E-state index in [4.69, 9.17) is 14.2 Å². The Morgan fingerprint density at radius 3 is 2.10 bits per heavy atom. The van der Waals surface area contributed by atoms with E-state index in [0.717, 1.165) is 69.1 Å². The smallest absolute Gasteiger partial charge is 0.316 e. The van der Waals surface area contributed by atoms with Gasteiger partial charge in [0.2, 0.25) is 0 Å². The zero-order valence-corrected chi connectivity index (χ0v) is 23.2. The summed E-state index contributed by atoms with van der Waals surface area (Å²) in [5, 5.41) is 4.26. The second-order valence-corrected chi connectivity index (χ2v) is 10.6. The predicted molar refractivity (Wildman–Crippen MR) is 156 cm³/mol. The van der Waals surface area contributed by atoms with Crippen molar-refractivity contribution >= 4 is 5.97 Å². The van der Waals surface area contributed by atoms with Crippen LogP contribution in [-0.4, -0.2) is 22.7 Å². The first-order valence-corrected chi connectivity index (χ1v) is 14.0. The molecule has 0 atom stereocenters. The van der Waals surface area contributed by atoms with Crippen LogP contribution in [0.2, 0.25) is 0 Å². The average molecular weight is 547 g/mol. The fraction of sp³-hybridized carbons (Fsp3) is 0.229. The van der Waals surface area contributed by atoms with Crippen molar-refractivity contribution in [2.24, 2.45) is 0 Å². The molecule has 1 saturated carbocycles. The third-order valence-electron chi connectivity index (χ3n) is 7.84. The third kappa shape index (κ3) is 5.55. The van der Waals surface area contributed by atoms with E-state index in [1.54, 1.807) is 12.1 Å². The number of hydrogen-bond acceptors (Lipinski definition) is 5. The molecule has 0 amide bonds. The fourth-order valence-electron chi connectivity index (χ4n) is 5.34. The molecular formula is C35H31FN2O3. The maximum atomic E-state index is 13.3. The number of ether oxygens (including phenoxy) is 1. The Balaban J connectivity index is 1.18. The van der Waals surface area contributed by atoms with Crippen LogP contribution < -0.4 is 0 Å². The number of benzene rings is 3. The van der Waals surface area contributed by atoms with Crippen LogP contribution in [0, 0.1) is 12.7 Å². The number of aryl methyl sites for hydroxylation is 1. The lowest BCUT2D eigenvalue weighted by Gasteiger charge is -2.14. The van der Waals surface area contributed by atoms with E-state index < -0.39 is 5.41 Å². The van der Waals surface area contributed by atoms with Crippen LogP contribution in [0.15, 0.2) is 95.5 Å². The van der Waals surface area contributed by atoms with Gasteiger partial charge in [0, 0.05) is 35.4 Å². The van der Waals surface area contributed by atoms with Gasteiger partial charge in [-0.1, -0.05) is 71.9 Å². The molecule has 6 heteroatoms. The molecule has 1 aliphatic rings. The number of carbonyl (C=O) groups excluding carboxylic acids is 1. The Bertz CT molecular complexity index is 1670. The Morgan fingerprint density at radius 2 is 1.46 bits per heavy atom. The SMILES string of the molecule is CCOC(=O)C1(c2ccc(-c3ccc(-c4onc(C)c4Cc4cccc(Cc5ccc(F)cc5)n4)cc3)cc2)CC1. The van der Waals surface area contributed by atoms with Crippen LogP contribution in [0.3, 0.4) is 0 Å².